The molecule has 6 nitrogen and oxygen atoms in total. The zero-order chi connectivity index (χ0) is 23.3. The van der Waals surface area contributed by atoms with Gasteiger partial charge in [0, 0.05) is 11.8 Å². The molecule has 4 fully saturated rings. The molecular weight excluding hydrogens is 449 g/mol. The quantitative estimate of drug-likeness (QED) is 0.335. The van der Waals surface area contributed by atoms with Crippen molar-refractivity contribution in [2.45, 2.75) is 43.9 Å². The highest BCUT2D eigenvalue weighted by Crippen LogP contribution is 2.60. The Hall–Kier alpha value is -2.07. The summed E-state index contributed by atoms with van der Waals surface area (Å²) in [6, 6.07) is 2.68. The van der Waals surface area contributed by atoms with E-state index in [9.17, 15) is 30.9 Å². The Kier molecular flexibility index (Phi) is 5.82. The van der Waals surface area contributed by atoms with E-state index in [4.69, 9.17) is 9.47 Å². The summed E-state index contributed by atoms with van der Waals surface area (Å²) >= 11 is 0. The van der Waals surface area contributed by atoms with Crippen LogP contribution >= 0.6 is 0 Å². The van der Waals surface area contributed by atoms with Gasteiger partial charge in [-0.2, -0.15) is 13.2 Å². The minimum atomic E-state index is -4.71. The number of hydrogen-bond acceptors (Lipinski definition) is 6. The minimum Gasteiger partial charge on any atom is -0.748 e. The molecule has 32 heavy (non-hydrogen) atoms. The molecule has 1 aromatic carbocycles. The van der Waals surface area contributed by atoms with Gasteiger partial charge in [0.15, 0.2) is 0 Å². The molecule has 0 N–H and O–H groups in total. The first-order valence-corrected chi connectivity index (χ1v) is 12.1. The number of halogens is 3. The van der Waals surface area contributed by atoms with Crippen molar-refractivity contribution in [3.63, 3.8) is 0 Å². The lowest BCUT2D eigenvalue weighted by molar-refractivity contribution is -0.149. The number of benzene rings is 1. The highest BCUT2D eigenvalue weighted by atomic mass is 32.2. The molecule has 0 aromatic heterocycles. The third-order valence-corrected chi connectivity index (χ3v) is 7.78. The van der Waals surface area contributed by atoms with Crippen LogP contribution in [-0.2, 0) is 21.0 Å². The molecule has 4 aliphatic rings. The van der Waals surface area contributed by atoms with Crippen LogP contribution in [0.15, 0.2) is 30.9 Å². The van der Waals surface area contributed by atoms with Crippen LogP contribution < -0.4 is 4.74 Å². The van der Waals surface area contributed by atoms with Crippen LogP contribution in [0.3, 0.4) is 0 Å². The summed E-state index contributed by atoms with van der Waals surface area (Å²) in [4.78, 5) is 12.3. The molecule has 4 bridgehead atoms. The van der Waals surface area contributed by atoms with Gasteiger partial charge in [-0.3, -0.25) is 0 Å². The molecule has 0 saturated heterocycles. The maximum atomic E-state index is 13.7. The second-order valence-corrected chi connectivity index (χ2v) is 10.6. The Morgan fingerprint density at radius 3 is 2.25 bits per heavy atom. The van der Waals surface area contributed by atoms with Crippen LogP contribution in [0.25, 0.3) is 0 Å². The van der Waals surface area contributed by atoms with E-state index in [1.807, 2.05) is 0 Å². The molecule has 1 aromatic rings. The molecule has 10 heteroatoms. The Labute approximate surface area is 184 Å². The first-order chi connectivity index (χ1) is 14.9. The standard InChI is InChI=1S/C22H25F3O6S/c1-2-21(16-8-13-7-14(10-16)11-17(21)9-13)31-19-12-15(3-4-18(19)22(23,24)25)20(26)30-5-6-32(27,28)29/h2-4,12-14,16-17H,1,5-11H2,(H,27,28,29)/p-1. The van der Waals surface area contributed by atoms with Crippen molar-refractivity contribution in [2.75, 3.05) is 12.4 Å². The van der Waals surface area contributed by atoms with Crippen LogP contribution in [0.1, 0.15) is 48.0 Å². The summed E-state index contributed by atoms with van der Waals surface area (Å²) < 4.78 is 84.1. The molecule has 4 aliphatic carbocycles. The fourth-order valence-electron chi connectivity index (χ4n) is 5.94. The fraction of sp³-hybridized carbons (Fsp3) is 0.591. The summed E-state index contributed by atoms with van der Waals surface area (Å²) in [6.45, 7) is 3.21. The van der Waals surface area contributed by atoms with Crippen LogP contribution in [0.4, 0.5) is 13.2 Å². The first kappa shape index (κ1) is 23.1. The van der Waals surface area contributed by atoms with Crippen molar-refractivity contribution in [1.82, 2.24) is 0 Å². The van der Waals surface area contributed by atoms with Crippen molar-refractivity contribution in [2.24, 2.45) is 23.7 Å². The van der Waals surface area contributed by atoms with Gasteiger partial charge >= 0.3 is 12.1 Å². The maximum Gasteiger partial charge on any atom is 0.419 e. The number of hydrogen-bond donors (Lipinski definition) is 0. The molecule has 0 heterocycles. The lowest BCUT2D eigenvalue weighted by atomic mass is 9.50. The summed E-state index contributed by atoms with van der Waals surface area (Å²) in [7, 11) is -4.59. The molecule has 176 valence electrons. The second kappa shape index (κ2) is 8.06. The predicted molar refractivity (Wildman–Crippen MR) is 107 cm³/mol. The van der Waals surface area contributed by atoms with Gasteiger partial charge in [0.05, 0.1) is 27.0 Å². The van der Waals surface area contributed by atoms with E-state index < -0.39 is 51.5 Å². The number of rotatable bonds is 7. The first-order valence-electron chi connectivity index (χ1n) is 10.6. The van der Waals surface area contributed by atoms with Gasteiger partial charge in [-0.25, -0.2) is 13.2 Å². The minimum absolute atomic E-state index is 0.0650. The Bertz CT molecular complexity index is 989. The van der Waals surface area contributed by atoms with Gasteiger partial charge in [-0.1, -0.05) is 6.58 Å². The zero-order valence-corrected chi connectivity index (χ0v) is 18.1. The summed E-state index contributed by atoms with van der Waals surface area (Å²) in [5.74, 6) is -1.18. The lowest BCUT2D eigenvalue weighted by Gasteiger charge is -2.59. The number of alkyl halides is 3. The van der Waals surface area contributed by atoms with E-state index in [1.165, 1.54) is 0 Å². The highest BCUT2D eigenvalue weighted by molar-refractivity contribution is 7.85. The molecule has 0 unspecified atom stereocenters. The third kappa shape index (κ3) is 4.39. The van der Waals surface area contributed by atoms with Gasteiger partial charge in [0.2, 0.25) is 0 Å². The number of ether oxygens (including phenoxy) is 2. The number of carbonyl (C=O) groups is 1. The van der Waals surface area contributed by atoms with Crippen LogP contribution in [0, 0.1) is 23.7 Å². The van der Waals surface area contributed by atoms with E-state index in [-0.39, 0.29) is 17.4 Å². The van der Waals surface area contributed by atoms with Gasteiger partial charge in [0.1, 0.15) is 18.0 Å². The summed E-state index contributed by atoms with van der Waals surface area (Å²) in [5.41, 5.74) is -2.17. The lowest BCUT2D eigenvalue weighted by Crippen LogP contribution is -2.59. The van der Waals surface area contributed by atoms with Crippen molar-refractivity contribution >= 4 is 16.1 Å². The molecule has 0 aliphatic heterocycles. The highest BCUT2D eigenvalue weighted by Gasteiger charge is 2.58. The van der Waals surface area contributed by atoms with E-state index >= 15 is 0 Å². The molecule has 0 spiro atoms. The van der Waals surface area contributed by atoms with Gasteiger partial charge < -0.3 is 14.0 Å². The van der Waals surface area contributed by atoms with E-state index in [1.54, 1.807) is 6.08 Å². The van der Waals surface area contributed by atoms with Gasteiger partial charge in [0.25, 0.3) is 0 Å². The predicted octanol–water partition coefficient (Wildman–Crippen LogP) is 4.17. The monoisotopic (exact) mass is 473 g/mol. The van der Waals surface area contributed by atoms with Crippen LogP contribution in [0.2, 0.25) is 0 Å². The molecular formula is C22H24F3O6S-. The molecule has 4 saturated carbocycles. The van der Waals surface area contributed by atoms with Gasteiger partial charge in [-0.15, -0.1) is 0 Å². The number of esters is 1. The molecule has 5 rings (SSSR count). The second-order valence-electron chi connectivity index (χ2n) is 9.07. The summed E-state index contributed by atoms with van der Waals surface area (Å²) in [5, 5.41) is 0. The SMILES string of the molecule is C=CC1(Oc2cc(C(=O)OCCS(=O)(=O)[O-])ccc2C(F)(F)F)C2CC3CC(C2)CC1C3. The molecule has 0 radical (unpaired) electrons. The maximum absolute atomic E-state index is 13.7. The van der Waals surface area contributed by atoms with Crippen molar-refractivity contribution in [1.29, 1.82) is 0 Å². The summed E-state index contributed by atoms with van der Waals surface area (Å²) in [6.07, 6.45) is 1.61. The Morgan fingerprint density at radius 2 is 1.75 bits per heavy atom. The van der Waals surface area contributed by atoms with E-state index in [0.717, 1.165) is 50.3 Å². The van der Waals surface area contributed by atoms with Crippen molar-refractivity contribution < 1.29 is 40.4 Å². The van der Waals surface area contributed by atoms with Crippen LogP contribution in [0.5, 0.6) is 5.75 Å². The van der Waals surface area contributed by atoms with E-state index in [0.29, 0.717) is 11.8 Å². The largest absolute Gasteiger partial charge is 0.748 e. The van der Waals surface area contributed by atoms with Crippen LogP contribution in [-0.4, -0.2) is 36.9 Å². The van der Waals surface area contributed by atoms with Crippen molar-refractivity contribution in [3.05, 3.63) is 42.0 Å². The number of carbonyl (C=O) groups excluding carboxylic acids is 1. The Balaban J connectivity index is 1.63. The normalized spacial score (nSPS) is 31.4. The van der Waals surface area contributed by atoms with Crippen molar-refractivity contribution in [3.8, 4) is 5.75 Å². The fourth-order valence-corrected chi connectivity index (χ4v) is 6.23. The van der Waals surface area contributed by atoms with Gasteiger partial charge in [-0.05, 0) is 68.2 Å². The average Bonchev–Trinajstić information content (AvgIpc) is 2.68. The third-order valence-electron chi connectivity index (χ3n) is 7.11. The smallest absolute Gasteiger partial charge is 0.419 e. The average molecular weight is 473 g/mol. The zero-order valence-electron chi connectivity index (χ0n) is 17.3. The molecule has 0 amide bonds. The van der Waals surface area contributed by atoms with E-state index in [2.05, 4.69) is 6.58 Å². The Morgan fingerprint density at radius 1 is 1.16 bits per heavy atom. The topological polar surface area (TPSA) is 92.7 Å². The molecule has 0 atom stereocenters.